The zero-order valence-corrected chi connectivity index (χ0v) is 23.1. The summed E-state index contributed by atoms with van der Waals surface area (Å²) in [6.45, 7) is 19.7. The third kappa shape index (κ3) is 6.19. The predicted molar refractivity (Wildman–Crippen MR) is 152 cm³/mol. The number of aromatic nitrogens is 2. The molecule has 0 atom stereocenters. The molecule has 0 amide bonds. The third-order valence-electron chi connectivity index (χ3n) is 7.47. The highest BCUT2D eigenvalue weighted by atomic mass is 15.4. The SMILES string of the molecule is CCCN(Cc1ccc(C(C)C)cc1)Cc1c(CC)nn(-c2ccccc2)c1N1CCN(CC)CC1. The van der Waals surface area contributed by atoms with Gasteiger partial charge < -0.3 is 9.80 Å². The van der Waals surface area contributed by atoms with Gasteiger partial charge in [-0.05, 0) is 55.1 Å². The van der Waals surface area contributed by atoms with Crippen molar-refractivity contribution in [1.82, 2.24) is 19.6 Å². The van der Waals surface area contributed by atoms with Crippen molar-refractivity contribution in [2.75, 3.05) is 44.2 Å². The molecule has 1 saturated heterocycles. The van der Waals surface area contributed by atoms with Crippen molar-refractivity contribution in [3.05, 3.63) is 77.0 Å². The number of benzene rings is 2. The average Bonchev–Trinajstić information content (AvgIpc) is 3.27. The lowest BCUT2D eigenvalue weighted by atomic mass is 10.0. The van der Waals surface area contributed by atoms with E-state index in [4.69, 9.17) is 5.10 Å². The first-order valence-electron chi connectivity index (χ1n) is 14.0. The molecule has 5 heteroatoms. The molecule has 36 heavy (non-hydrogen) atoms. The minimum atomic E-state index is 0.567. The maximum Gasteiger partial charge on any atom is 0.137 e. The molecule has 0 N–H and O–H groups in total. The van der Waals surface area contributed by atoms with Gasteiger partial charge in [-0.25, -0.2) is 4.68 Å². The van der Waals surface area contributed by atoms with Gasteiger partial charge in [0.1, 0.15) is 5.82 Å². The van der Waals surface area contributed by atoms with Crippen LogP contribution in [0.2, 0.25) is 0 Å². The first-order chi connectivity index (χ1) is 17.5. The number of aryl methyl sites for hydroxylation is 1. The zero-order valence-electron chi connectivity index (χ0n) is 23.1. The molecule has 0 unspecified atom stereocenters. The minimum Gasteiger partial charge on any atom is -0.354 e. The third-order valence-corrected chi connectivity index (χ3v) is 7.47. The highest BCUT2D eigenvalue weighted by Crippen LogP contribution is 2.31. The Morgan fingerprint density at radius 2 is 1.56 bits per heavy atom. The Balaban J connectivity index is 1.68. The fourth-order valence-corrected chi connectivity index (χ4v) is 5.30. The van der Waals surface area contributed by atoms with Crippen LogP contribution >= 0.6 is 0 Å². The summed E-state index contributed by atoms with van der Waals surface area (Å²) in [6.07, 6.45) is 2.09. The average molecular weight is 488 g/mol. The summed E-state index contributed by atoms with van der Waals surface area (Å²) in [7, 11) is 0. The maximum absolute atomic E-state index is 5.20. The van der Waals surface area contributed by atoms with Crippen LogP contribution in [0.15, 0.2) is 54.6 Å². The number of anilines is 1. The van der Waals surface area contributed by atoms with Crippen LogP contribution in [0.1, 0.15) is 69.3 Å². The van der Waals surface area contributed by atoms with E-state index in [0.717, 1.165) is 70.9 Å². The summed E-state index contributed by atoms with van der Waals surface area (Å²) in [6, 6.07) is 19.9. The minimum absolute atomic E-state index is 0.567. The highest BCUT2D eigenvalue weighted by Gasteiger charge is 2.27. The summed E-state index contributed by atoms with van der Waals surface area (Å²) >= 11 is 0. The lowest BCUT2D eigenvalue weighted by molar-refractivity contribution is 0.254. The van der Waals surface area contributed by atoms with Gasteiger partial charge in [0.2, 0.25) is 0 Å². The molecule has 1 aliphatic heterocycles. The van der Waals surface area contributed by atoms with Crippen LogP contribution in [0.25, 0.3) is 5.69 Å². The van der Waals surface area contributed by atoms with Gasteiger partial charge in [0.25, 0.3) is 0 Å². The van der Waals surface area contributed by atoms with Gasteiger partial charge in [0, 0.05) is 44.8 Å². The maximum atomic E-state index is 5.20. The number of hydrogen-bond acceptors (Lipinski definition) is 4. The van der Waals surface area contributed by atoms with Crippen molar-refractivity contribution in [1.29, 1.82) is 0 Å². The van der Waals surface area contributed by atoms with Crippen LogP contribution in [0.3, 0.4) is 0 Å². The second kappa shape index (κ2) is 12.6. The van der Waals surface area contributed by atoms with Crippen molar-refractivity contribution in [3.8, 4) is 5.69 Å². The summed E-state index contributed by atoms with van der Waals surface area (Å²) < 4.78 is 2.22. The molecule has 1 aliphatic rings. The Hall–Kier alpha value is -2.63. The van der Waals surface area contributed by atoms with Gasteiger partial charge in [-0.2, -0.15) is 5.10 Å². The van der Waals surface area contributed by atoms with Crippen molar-refractivity contribution in [2.24, 2.45) is 0 Å². The lowest BCUT2D eigenvalue weighted by Gasteiger charge is -2.36. The molecule has 3 aromatic rings. The van der Waals surface area contributed by atoms with Gasteiger partial charge in [-0.1, -0.05) is 77.1 Å². The molecular formula is C31H45N5. The molecule has 1 fully saturated rings. The first kappa shape index (κ1) is 26.4. The Labute approximate surface area is 218 Å². The van der Waals surface area contributed by atoms with Crippen LogP contribution in [0, 0.1) is 0 Å². The Kier molecular flexibility index (Phi) is 9.22. The van der Waals surface area contributed by atoms with Crippen molar-refractivity contribution in [3.63, 3.8) is 0 Å². The van der Waals surface area contributed by atoms with E-state index >= 15 is 0 Å². The van der Waals surface area contributed by atoms with Crippen molar-refractivity contribution < 1.29 is 0 Å². The van der Waals surface area contributed by atoms with Gasteiger partial charge >= 0.3 is 0 Å². The van der Waals surface area contributed by atoms with Crippen LogP contribution < -0.4 is 4.90 Å². The van der Waals surface area contributed by atoms with Gasteiger partial charge in [-0.3, -0.25) is 4.90 Å². The first-order valence-corrected chi connectivity index (χ1v) is 14.0. The van der Waals surface area contributed by atoms with E-state index in [2.05, 4.69) is 109 Å². The molecule has 0 saturated carbocycles. The second-order valence-corrected chi connectivity index (χ2v) is 10.4. The van der Waals surface area contributed by atoms with E-state index in [9.17, 15) is 0 Å². The molecule has 4 rings (SSSR count). The standard InChI is InChI=1S/C31H45N5/c1-6-18-34(23-26-14-16-27(17-15-26)25(4)5)24-29-30(7-2)32-36(28-12-10-9-11-13-28)31(29)35-21-19-33(8-3)20-22-35/h9-17,25H,6-8,18-24H2,1-5H3. The molecule has 0 spiro atoms. The van der Waals surface area contributed by atoms with Crippen molar-refractivity contribution in [2.45, 2.75) is 66.5 Å². The Bertz CT molecular complexity index is 1060. The number of nitrogens with zero attached hydrogens (tertiary/aromatic N) is 5. The summed E-state index contributed by atoms with van der Waals surface area (Å²) in [4.78, 5) is 7.74. The molecule has 0 bridgehead atoms. The molecule has 0 aliphatic carbocycles. The second-order valence-electron chi connectivity index (χ2n) is 10.4. The fraction of sp³-hybridized carbons (Fsp3) is 0.516. The van der Waals surface area contributed by atoms with Gasteiger partial charge in [0.15, 0.2) is 0 Å². The lowest BCUT2D eigenvalue weighted by Crippen LogP contribution is -2.47. The number of piperazine rings is 1. The number of hydrogen-bond donors (Lipinski definition) is 0. The summed E-state index contributed by atoms with van der Waals surface area (Å²) in [5, 5.41) is 5.20. The van der Waals surface area contributed by atoms with Crippen molar-refractivity contribution >= 4 is 5.82 Å². The quantitative estimate of drug-likeness (QED) is 0.326. The van der Waals surface area contributed by atoms with E-state index in [1.807, 2.05) is 0 Å². The molecular weight excluding hydrogens is 442 g/mol. The van der Waals surface area contributed by atoms with Gasteiger partial charge in [-0.15, -0.1) is 0 Å². The van der Waals surface area contributed by atoms with Gasteiger partial charge in [0.05, 0.1) is 11.4 Å². The topological polar surface area (TPSA) is 27.5 Å². The fourth-order valence-electron chi connectivity index (χ4n) is 5.30. The van der Waals surface area contributed by atoms with E-state index in [-0.39, 0.29) is 0 Å². The number of likely N-dealkylation sites (N-methyl/N-ethyl adjacent to an activating group) is 1. The van der Waals surface area contributed by atoms with E-state index in [1.165, 1.54) is 28.2 Å². The van der Waals surface area contributed by atoms with Crippen LogP contribution in [-0.2, 0) is 19.5 Å². The van der Waals surface area contributed by atoms with E-state index < -0.39 is 0 Å². The predicted octanol–water partition coefficient (Wildman–Crippen LogP) is 6.11. The summed E-state index contributed by atoms with van der Waals surface area (Å²) in [5.74, 6) is 1.86. The largest absolute Gasteiger partial charge is 0.354 e. The molecule has 5 nitrogen and oxygen atoms in total. The zero-order chi connectivity index (χ0) is 25.5. The van der Waals surface area contributed by atoms with Crippen LogP contribution in [0.4, 0.5) is 5.82 Å². The van der Waals surface area contributed by atoms with E-state index in [0.29, 0.717) is 5.92 Å². The monoisotopic (exact) mass is 487 g/mol. The van der Waals surface area contributed by atoms with E-state index in [1.54, 1.807) is 0 Å². The highest BCUT2D eigenvalue weighted by molar-refractivity contribution is 5.56. The molecule has 1 aromatic heterocycles. The number of rotatable bonds is 11. The normalized spacial score (nSPS) is 14.8. The molecule has 2 heterocycles. The smallest absolute Gasteiger partial charge is 0.137 e. The molecule has 2 aromatic carbocycles. The molecule has 194 valence electrons. The summed E-state index contributed by atoms with van der Waals surface area (Å²) in [5.41, 5.74) is 6.57. The van der Waals surface area contributed by atoms with Crippen LogP contribution in [0.5, 0.6) is 0 Å². The number of para-hydroxylation sites is 1. The Morgan fingerprint density at radius 3 is 2.14 bits per heavy atom. The van der Waals surface area contributed by atoms with Crippen LogP contribution in [-0.4, -0.2) is 58.8 Å². The molecule has 0 radical (unpaired) electrons. The Morgan fingerprint density at radius 1 is 0.861 bits per heavy atom.